The van der Waals surface area contributed by atoms with Gasteiger partial charge in [0.2, 0.25) is 0 Å². The van der Waals surface area contributed by atoms with Crippen molar-refractivity contribution in [3.05, 3.63) is 69.6 Å². The van der Waals surface area contributed by atoms with Gasteiger partial charge in [0.15, 0.2) is 12.4 Å². The Bertz CT molecular complexity index is 1080. The topological polar surface area (TPSA) is 65.7 Å². The van der Waals surface area contributed by atoms with E-state index in [-0.39, 0.29) is 34.7 Å². The number of alkyl halides is 3. The lowest BCUT2D eigenvalue weighted by Gasteiger charge is -2.13. The third kappa shape index (κ3) is 3.85. The van der Waals surface area contributed by atoms with Crippen LogP contribution >= 0.6 is 0 Å². The van der Waals surface area contributed by atoms with Gasteiger partial charge in [-0.1, -0.05) is 0 Å². The molecule has 0 saturated carbocycles. The summed E-state index contributed by atoms with van der Waals surface area (Å²) < 4.78 is 54.9. The van der Waals surface area contributed by atoms with Gasteiger partial charge in [-0.2, -0.15) is 13.2 Å². The van der Waals surface area contributed by atoms with Crippen molar-refractivity contribution >= 4 is 16.8 Å². The van der Waals surface area contributed by atoms with E-state index in [0.717, 1.165) is 6.07 Å². The first-order valence-corrected chi connectivity index (χ1v) is 8.15. The average Bonchev–Trinajstić information content (AvgIpc) is 2.66. The first kappa shape index (κ1) is 19.5. The van der Waals surface area contributed by atoms with Gasteiger partial charge in [-0.3, -0.25) is 4.79 Å². The van der Waals surface area contributed by atoms with E-state index < -0.39 is 17.4 Å². The number of methoxy groups -OCH3 is 1. The van der Waals surface area contributed by atoms with Crippen LogP contribution in [0.15, 0.2) is 51.7 Å². The molecule has 0 saturated heterocycles. The van der Waals surface area contributed by atoms with Crippen LogP contribution in [0.25, 0.3) is 11.0 Å². The number of ketones is 1. The fourth-order valence-electron chi connectivity index (χ4n) is 2.74. The molecule has 0 unspecified atom stereocenters. The van der Waals surface area contributed by atoms with Crippen molar-refractivity contribution in [1.29, 1.82) is 0 Å². The van der Waals surface area contributed by atoms with Gasteiger partial charge in [-0.25, -0.2) is 4.79 Å². The monoisotopic (exact) mass is 392 g/mol. The average molecular weight is 392 g/mol. The minimum Gasteiger partial charge on any atom is -0.497 e. The molecule has 2 aromatic carbocycles. The van der Waals surface area contributed by atoms with Crippen molar-refractivity contribution in [2.24, 2.45) is 0 Å². The maximum Gasteiger partial charge on any atom is 0.417 e. The van der Waals surface area contributed by atoms with Gasteiger partial charge < -0.3 is 13.9 Å². The molecular formula is C20H15F3O5. The summed E-state index contributed by atoms with van der Waals surface area (Å²) in [5.74, 6) is 0.419. The summed E-state index contributed by atoms with van der Waals surface area (Å²) in [6, 6.07) is 9.29. The van der Waals surface area contributed by atoms with Crippen molar-refractivity contribution in [2.75, 3.05) is 13.7 Å². The SMILES string of the molecule is COc1ccc(C(=O)COc2ccc3c(C(F)(F)F)cc(=O)oc3c2C)cc1. The number of benzene rings is 2. The summed E-state index contributed by atoms with van der Waals surface area (Å²) in [6.45, 7) is 1.13. The molecule has 146 valence electrons. The number of hydrogen-bond donors (Lipinski definition) is 0. The van der Waals surface area contributed by atoms with Gasteiger partial charge in [0.05, 0.1) is 12.7 Å². The number of hydrogen-bond acceptors (Lipinski definition) is 5. The minimum absolute atomic E-state index is 0.150. The second kappa shape index (κ2) is 7.38. The number of carbonyl (C=O) groups excluding carboxylic acids is 1. The molecule has 3 rings (SSSR count). The molecular weight excluding hydrogens is 377 g/mol. The molecule has 0 aliphatic carbocycles. The minimum atomic E-state index is -4.70. The van der Waals surface area contributed by atoms with Crippen molar-refractivity contribution < 1.29 is 31.9 Å². The Kier molecular flexibility index (Phi) is 5.13. The van der Waals surface area contributed by atoms with Crippen LogP contribution in [-0.2, 0) is 6.18 Å². The molecule has 0 spiro atoms. The normalized spacial score (nSPS) is 11.5. The second-order valence-electron chi connectivity index (χ2n) is 5.98. The van der Waals surface area contributed by atoms with Crippen LogP contribution < -0.4 is 15.1 Å². The number of carbonyl (C=O) groups is 1. The fourth-order valence-corrected chi connectivity index (χ4v) is 2.74. The molecule has 0 radical (unpaired) electrons. The Balaban J connectivity index is 1.88. The summed E-state index contributed by atoms with van der Waals surface area (Å²) in [6.07, 6.45) is -4.70. The largest absolute Gasteiger partial charge is 0.497 e. The van der Waals surface area contributed by atoms with Crippen molar-refractivity contribution in [3.63, 3.8) is 0 Å². The van der Waals surface area contributed by atoms with Crippen LogP contribution in [0.3, 0.4) is 0 Å². The zero-order valence-electron chi connectivity index (χ0n) is 14.9. The Morgan fingerprint density at radius 1 is 1.11 bits per heavy atom. The summed E-state index contributed by atoms with van der Waals surface area (Å²) >= 11 is 0. The maximum absolute atomic E-state index is 13.2. The first-order chi connectivity index (χ1) is 13.2. The zero-order chi connectivity index (χ0) is 20.5. The maximum atomic E-state index is 13.2. The van der Waals surface area contributed by atoms with Crippen molar-refractivity contribution in [3.8, 4) is 11.5 Å². The fraction of sp³-hybridized carbons (Fsp3) is 0.200. The molecule has 28 heavy (non-hydrogen) atoms. The molecule has 0 aliphatic heterocycles. The highest BCUT2D eigenvalue weighted by Crippen LogP contribution is 2.36. The van der Waals surface area contributed by atoms with Gasteiger partial charge in [-0.15, -0.1) is 0 Å². The summed E-state index contributed by atoms with van der Waals surface area (Å²) in [5.41, 5.74) is -1.83. The molecule has 5 nitrogen and oxygen atoms in total. The molecule has 3 aromatic rings. The molecule has 0 amide bonds. The van der Waals surface area contributed by atoms with Gasteiger partial charge in [0, 0.05) is 22.6 Å². The zero-order valence-corrected chi connectivity index (χ0v) is 14.9. The summed E-state index contributed by atoms with van der Waals surface area (Å²) in [4.78, 5) is 23.8. The molecule has 1 heterocycles. The van der Waals surface area contributed by atoms with Crippen molar-refractivity contribution in [2.45, 2.75) is 13.1 Å². The third-order valence-corrected chi connectivity index (χ3v) is 4.19. The lowest BCUT2D eigenvalue weighted by molar-refractivity contribution is -0.136. The van der Waals surface area contributed by atoms with Crippen LogP contribution in [0, 0.1) is 6.92 Å². The van der Waals surface area contributed by atoms with Gasteiger partial charge in [0.1, 0.15) is 17.1 Å². The molecule has 0 bridgehead atoms. The molecule has 0 N–H and O–H groups in total. The Labute approximate surface area is 157 Å². The molecule has 1 aromatic heterocycles. The van der Waals surface area contributed by atoms with Crippen molar-refractivity contribution in [1.82, 2.24) is 0 Å². The van der Waals surface area contributed by atoms with Crippen LogP contribution in [0.4, 0.5) is 13.2 Å². The number of fused-ring (bicyclic) bond motifs is 1. The lowest BCUT2D eigenvalue weighted by atomic mass is 10.1. The lowest BCUT2D eigenvalue weighted by Crippen LogP contribution is -2.13. The number of rotatable bonds is 5. The van der Waals surface area contributed by atoms with Gasteiger partial charge >= 0.3 is 11.8 Å². The predicted octanol–water partition coefficient (Wildman–Crippen LogP) is 4.39. The quantitative estimate of drug-likeness (QED) is 0.476. The summed E-state index contributed by atoms with van der Waals surface area (Å²) in [7, 11) is 1.50. The smallest absolute Gasteiger partial charge is 0.417 e. The predicted molar refractivity (Wildman–Crippen MR) is 95.0 cm³/mol. The number of aryl methyl sites for hydroxylation is 1. The van der Waals surface area contributed by atoms with Crippen LogP contribution in [0.5, 0.6) is 11.5 Å². The van der Waals surface area contributed by atoms with Gasteiger partial charge in [-0.05, 0) is 43.3 Å². The van der Waals surface area contributed by atoms with Gasteiger partial charge in [0.25, 0.3) is 0 Å². The van der Waals surface area contributed by atoms with Crippen LogP contribution in [-0.4, -0.2) is 19.5 Å². The van der Waals surface area contributed by atoms with Crippen LogP contribution in [0.2, 0.25) is 0 Å². The van der Waals surface area contributed by atoms with E-state index in [0.29, 0.717) is 17.4 Å². The standard InChI is InChI=1S/C20H15F3O5/c1-11-17(27-10-16(24)12-3-5-13(26-2)6-4-12)8-7-14-15(20(21,22)23)9-18(25)28-19(11)14/h3-9H,10H2,1-2H3. The number of halogens is 3. The Morgan fingerprint density at radius 3 is 2.39 bits per heavy atom. The van der Waals surface area contributed by atoms with E-state index in [2.05, 4.69) is 0 Å². The first-order valence-electron chi connectivity index (χ1n) is 8.15. The Hall–Kier alpha value is -3.29. The van der Waals surface area contributed by atoms with E-state index in [4.69, 9.17) is 13.9 Å². The molecule has 0 aliphatic rings. The highest BCUT2D eigenvalue weighted by molar-refractivity contribution is 5.97. The number of Topliss-reactive ketones (excluding diaryl/α,β-unsaturated/α-hetero) is 1. The highest BCUT2D eigenvalue weighted by atomic mass is 19.4. The number of ether oxygens (including phenoxy) is 2. The third-order valence-electron chi connectivity index (χ3n) is 4.19. The van der Waals surface area contributed by atoms with E-state index >= 15 is 0 Å². The summed E-state index contributed by atoms with van der Waals surface area (Å²) in [5, 5.41) is -0.251. The van der Waals surface area contributed by atoms with E-state index in [1.807, 2.05) is 0 Å². The van der Waals surface area contributed by atoms with Crippen LogP contribution in [0.1, 0.15) is 21.5 Å². The van der Waals surface area contributed by atoms with E-state index in [9.17, 15) is 22.8 Å². The highest BCUT2D eigenvalue weighted by Gasteiger charge is 2.34. The second-order valence-corrected chi connectivity index (χ2v) is 5.98. The molecule has 0 atom stereocenters. The molecule has 0 fully saturated rings. The Morgan fingerprint density at radius 2 is 1.79 bits per heavy atom. The van der Waals surface area contributed by atoms with E-state index in [1.165, 1.54) is 20.1 Å². The molecule has 8 heteroatoms. The van der Waals surface area contributed by atoms with E-state index in [1.54, 1.807) is 24.3 Å².